The smallest absolute Gasteiger partial charge is 0.129 e. The highest BCUT2D eigenvalue weighted by Gasteiger charge is 2.10. The molecule has 0 spiro atoms. The molecule has 0 aliphatic rings. The second-order valence-corrected chi connectivity index (χ2v) is 5.79. The summed E-state index contributed by atoms with van der Waals surface area (Å²) >= 11 is 4.68. The van der Waals surface area contributed by atoms with Gasteiger partial charge in [0.05, 0.1) is 5.37 Å². The van der Waals surface area contributed by atoms with Crippen LogP contribution in [0, 0.1) is 0 Å². The quantitative estimate of drug-likeness (QED) is 0.372. The third-order valence-corrected chi connectivity index (χ3v) is 4.13. The van der Waals surface area contributed by atoms with E-state index in [1.165, 1.54) is 44.9 Å². The first-order chi connectivity index (χ1) is 9.25. The van der Waals surface area contributed by atoms with Crippen molar-refractivity contribution < 1.29 is 0 Å². The second kappa shape index (κ2) is 10.1. The monoisotopic (exact) mass is 280 g/mol. The summed E-state index contributed by atoms with van der Waals surface area (Å²) in [7, 11) is 2.07. The highest BCUT2D eigenvalue weighted by molar-refractivity contribution is 7.81. The van der Waals surface area contributed by atoms with Crippen LogP contribution in [-0.4, -0.2) is 17.4 Å². The Bertz CT molecular complexity index is 316. The summed E-state index contributed by atoms with van der Waals surface area (Å²) in [5, 5.41) is 0.269. The number of thiol groups is 1. The van der Waals surface area contributed by atoms with Crippen molar-refractivity contribution in [3.8, 4) is 0 Å². The Hall–Kier alpha value is -0.700. The first kappa shape index (κ1) is 16.4. The van der Waals surface area contributed by atoms with Crippen LogP contribution in [0.15, 0.2) is 24.4 Å². The summed E-state index contributed by atoms with van der Waals surface area (Å²) in [4.78, 5) is 6.51. The van der Waals surface area contributed by atoms with Gasteiger partial charge in [0.25, 0.3) is 0 Å². The van der Waals surface area contributed by atoms with Crippen LogP contribution in [0.2, 0.25) is 0 Å². The molecule has 0 saturated heterocycles. The Morgan fingerprint density at radius 3 is 2.42 bits per heavy atom. The van der Waals surface area contributed by atoms with Gasteiger partial charge < -0.3 is 4.90 Å². The molecule has 0 aliphatic heterocycles. The van der Waals surface area contributed by atoms with E-state index in [9.17, 15) is 0 Å². The molecular formula is C16H28N2S. The summed E-state index contributed by atoms with van der Waals surface area (Å²) in [6.07, 6.45) is 12.4. The molecule has 0 N–H and O–H groups in total. The summed E-state index contributed by atoms with van der Waals surface area (Å²) < 4.78 is 0. The maximum Gasteiger partial charge on any atom is 0.129 e. The van der Waals surface area contributed by atoms with Crippen molar-refractivity contribution in [1.82, 2.24) is 4.98 Å². The van der Waals surface area contributed by atoms with Gasteiger partial charge in [0.2, 0.25) is 0 Å². The molecule has 1 rings (SSSR count). The van der Waals surface area contributed by atoms with Crippen LogP contribution in [0.5, 0.6) is 0 Å². The highest BCUT2D eigenvalue weighted by Crippen LogP contribution is 2.18. The Kier molecular flexibility index (Phi) is 8.72. The lowest BCUT2D eigenvalue weighted by Crippen LogP contribution is -2.27. The molecule has 1 aromatic rings. The van der Waals surface area contributed by atoms with E-state index in [1.54, 1.807) is 0 Å². The van der Waals surface area contributed by atoms with Crippen LogP contribution in [-0.2, 0) is 0 Å². The molecule has 1 unspecified atom stereocenters. The van der Waals surface area contributed by atoms with Gasteiger partial charge in [0, 0.05) is 13.2 Å². The van der Waals surface area contributed by atoms with E-state index >= 15 is 0 Å². The molecule has 0 radical (unpaired) electrons. The maximum atomic E-state index is 4.68. The van der Waals surface area contributed by atoms with Crippen molar-refractivity contribution in [2.24, 2.45) is 0 Å². The van der Waals surface area contributed by atoms with Crippen molar-refractivity contribution in [3.05, 3.63) is 24.4 Å². The van der Waals surface area contributed by atoms with Gasteiger partial charge >= 0.3 is 0 Å². The predicted octanol–water partition coefficient (Wildman–Crippen LogP) is 4.91. The molecule has 1 aromatic heterocycles. The number of hydrogen-bond acceptors (Lipinski definition) is 3. The van der Waals surface area contributed by atoms with Crippen molar-refractivity contribution in [1.29, 1.82) is 0 Å². The number of unbranched alkanes of at least 4 members (excludes halogenated alkanes) is 6. The summed E-state index contributed by atoms with van der Waals surface area (Å²) in [6, 6.07) is 6.00. The van der Waals surface area contributed by atoms with Gasteiger partial charge in [-0.1, -0.05) is 57.9 Å². The molecule has 1 atom stereocenters. The van der Waals surface area contributed by atoms with Crippen molar-refractivity contribution in [3.63, 3.8) is 0 Å². The van der Waals surface area contributed by atoms with Crippen LogP contribution in [0.3, 0.4) is 0 Å². The average molecular weight is 280 g/mol. The number of aromatic nitrogens is 1. The number of pyridine rings is 1. The average Bonchev–Trinajstić information content (AvgIpc) is 2.46. The summed E-state index contributed by atoms with van der Waals surface area (Å²) in [5.74, 6) is 1.01. The van der Waals surface area contributed by atoms with Crippen LogP contribution in [0.25, 0.3) is 0 Å². The van der Waals surface area contributed by atoms with Crippen molar-refractivity contribution in [2.45, 2.75) is 63.7 Å². The second-order valence-electron chi connectivity index (χ2n) is 5.19. The molecule has 0 amide bonds. The normalized spacial score (nSPS) is 12.4. The lowest BCUT2D eigenvalue weighted by molar-refractivity contribution is 0.568. The van der Waals surface area contributed by atoms with Gasteiger partial charge in [-0.15, -0.1) is 0 Å². The SMILES string of the molecule is CCCCCCCCCC(S)N(C)c1ccccn1. The minimum absolute atomic E-state index is 0.269. The van der Waals surface area contributed by atoms with Gasteiger partial charge in [0.15, 0.2) is 0 Å². The zero-order valence-corrected chi connectivity index (χ0v) is 13.3. The standard InChI is InChI=1S/C16H28N2S/c1-3-4-5-6-7-8-9-13-16(19)18(2)15-12-10-11-14-17-15/h10-12,14,16,19H,3-9,13H2,1-2H3. The van der Waals surface area contributed by atoms with E-state index in [0.29, 0.717) is 0 Å². The van der Waals surface area contributed by atoms with Gasteiger partial charge in [-0.25, -0.2) is 4.98 Å². The molecule has 108 valence electrons. The first-order valence-corrected chi connectivity index (χ1v) is 8.09. The number of hydrogen-bond donors (Lipinski definition) is 1. The Morgan fingerprint density at radius 1 is 1.11 bits per heavy atom. The van der Waals surface area contributed by atoms with Crippen LogP contribution < -0.4 is 4.90 Å². The van der Waals surface area contributed by atoms with Crippen LogP contribution in [0.4, 0.5) is 5.82 Å². The Balaban J connectivity index is 2.12. The molecule has 0 aromatic carbocycles. The molecule has 1 heterocycles. The van der Waals surface area contributed by atoms with Crippen LogP contribution in [0.1, 0.15) is 58.3 Å². The zero-order valence-electron chi connectivity index (χ0n) is 12.4. The van der Waals surface area contributed by atoms with E-state index in [2.05, 4.69) is 36.5 Å². The minimum Gasteiger partial charge on any atom is -0.348 e. The topological polar surface area (TPSA) is 16.1 Å². The molecule has 3 heteroatoms. The fraction of sp³-hybridized carbons (Fsp3) is 0.688. The lowest BCUT2D eigenvalue weighted by atomic mass is 10.1. The molecule has 0 bridgehead atoms. The van der Waals surface area contributed by atoms with Gasteiger partial charge in [-0.3, -0.25) is 0 Å². The fourth-order valence-corrected chi connectivity index (χ4v) is 2.49. The molecule has 2 nitrogen and oxygen atoms in total. The molecule has 0 fully saturated rings. The summed E-state index contributed by atoms with van der Waals surface area (Å²) in [6.45, 7) is 2.26. The largest absolute Gasteiger partial charge is 0.348 e. The third-order valence-electron chi connectivity index (χ3n) is 3.52. The zero-order chi connectivity index (χ0) is 13.9. The molecule has 0 aliphatic carbocycles. The van der Waals surface area contributed by atoms with E-state index in [1.807, 2.05) is 24.4 Å². The summed E-state index contributed by atoms with van der Waals surface area (Å²) in [5.41, 5.74) is 0. The van der Waals surface area contributed by atoms with E-state index in [4.69, 9.17) is 0 Å². The van der Waals surface area contributed by atoms with Gasteiger partial charge in [-0.2, -0.15) is 12.6 Å². The Morgan fingerprint density at radius 2 is 1.79 bits per heavy atom. The van der Waals surface area contributed by atoms with Gasteiger partial charge in [-0.05, 0) is 18.6 Å². The molecule has 0 saturated carbocycles. The van der Waals surface area contributed by atoms with Crippen molar-refractivity contribution >= 4 is 18.4 Å². The van der Waals surface area contributed by atoms with E-state index in [-0.39, 0.29) is 5.37 Å². The number of rotatable bonds is 10. The predicted molar refractivity (Wildman–Crippen MR) is 88.0 cm³/mol. The van der Waals surface area contributed by atoms with Crippen LogP contribution >= 0.6 is 12.6 Å². The first-order valence-electron chi connectivity index (χ1n) is 7.57. The highest BCUT2D eigenvalue weighted by atomic mass is 32.1. The fourth-order valence-electron chi connectivity index (χ4n) is 2.19. The number of nitrogens with zero attached hydrogens (tertiary/aromatic N) is 2. The molecule has 19 heavy (non-hydrogen) atoms. The third kappa shape index (κ3) is 6.86. The van der Waals surface area contributed by atoms with E-state index in [0.717, 1.165) is 12.2 Å². The van der Waals surface area contributed by atoms with E-state index < -0.39 is 0 Å². The van der Waals surface area contributed by atoms with Gasteiger partial charge in [0.1, 0.15) is 5.82 Å². The molecular weight excluding hydrogens is 252 g/mol. The Labute approximate surface area is 124 Å². The minimum atomic E-state index is 0.269. The maximum absolute atomic E-state index is 4.68. The number of anilines is 1. The van der Waals surface area contributed by atoms with Crippen molar-refractivity contribution in [2.75, 3.05) is 11.9 Å². The lowest BCUT2D eigenvalue weighted by Gasteiger charge is -2.25.